The van der Waals surface area contributed by atoms with Crippen molar-refractivity contribution in [2.75, 3.05) is 10.8 Å². The molecule has 0 spiro atoms. The average Bonchev–Trinajstić information content (AvgIpc) is 3.66. The van der Waals surface area contributed by atoms with Crippen LogP contribution in [0.5, 0.6) is 0 Å². The summed E-state index contributed by atoms with van der Waals surface area (Å²) in [4.78, 5) is 14.3. The number of aromatic nitrogens is 2. The fourth-order valence-corrected chi connectivity index (χ4v) is 7.21. The molecule has 208 valence electrons. The van der Waals surface area contributed by atoms with Crippen molar-refractivity contribution in [2.24, 2.45) is 5.41 Å². The lowest BCUT2D eigenvalue weighted by atomic mass is 9.81. The van der Waals surface area contributed by atoms with Gasteiger partial charge in [-0.2, -0.15) is 0 Å². The van der Waals surface area contributed by atoms with Gasteiger partial charge in [-0.25, -0.2) is 22.0 Å². The van der Waals surface area contributed by atoms with E-state index in [0.717, 1.165) is 42.0 Å². The molecule has 1 N–H and O–H groups in total. The van der Waals surface area contributed by atoms with E-state index in [-0.39, 0.29) is 27.6 Å². The van der Waals surface area contributed by atoms with Gasteiger partial charge in [0, 0.05) is 24.6 Å². The van der Waals surface area contributed by atoms with E-state index in [2.05, 4.69) is 14.7 Å². The number of anilines is 1. The number of H-pyrrole nitrogens is 1. The Morgan fingerprint density at radius 1 is 1.02 bits per heavy atom. The first-order chi connectivity index (χ1) is 18.8. The standard InChI is InChI=1S/C30H29F2N3O4S/c1-29(2)16-21-14-20(18-6-9-22(10-7-18)30(3,31)32)8-13-26(21)35(17-29)40(37,38)23-11-12-24(25(15-23)19-4-5-19)27-33-28(36)39-34-27/h6-15,19H,4-5,16-17H2,1-3H3,(H,33,34,36). The molecule has 7 nitrogen and oxygen atoms in total. The molecule has 10 heteroatoms. The van der Waals surface area contributed by atoms with E-state index in [1.165, 1.54) is 16.4 Å². The number of nitrogens with zero attached hydrogens (tertiary/aromatic N) is 2. The molecule has 0 bridgehead atoms. The predicted molar refractivity (Wildman–Crippen MR) is 148 cm³/mol. The molecule has 6 rings (SSSR count). The third kappa shape index (κ3) is 4.85. The Bertz CT molecular complexity index is 1770. The van der Waals surface area contributed by atoms with Gasteiger partial charge >= 0.3 is 5.76 Å². The summed E-state index contributed by atoms with van der Waals surface area (Å²) < 4.78 is 61.8. The van der Waals surface area contributed by atoms with Gasteiger partial charge in [0.15, 0.2) is 5.82 Å². The Hall–Kier alpha value is -3.79. The molecular weight excluding hydrogens is 536 g/mol. The number of fused-ring (bicyclic) bond motifs is 1. The van der Waals surface area contributed by atoms with Gasteiger partial charge in [0.1, 0.15) is 0 Å². The number of hydrogen-bond acceptors (Lipinski definition) is 5. The van der Waals surface area contributed by atoms with Crippen molar-refractivity contribution >= 4 is 15.7 Å². The fourth-order valence-electron chi connectivity index (χ4n) is 5.49. The zero-order valence-corrected chi connectivity index (χ0v) is 23.2. The molecule has 0 saturated heterocycles. The molecule has 1 fully saturated rings. The summed E-state index contributed by atoms with van der Waals surface area (Å²) in [6.45, 7) is 5.24. The molecule has 3 aromatic carbocycles. The monoisotopic (exact) mass is 565 g/mol. The Labute approximate surface area is 230 Å². The normalized spacial score (nSPS) is 17.1. The van der Waals surface area contributed by atoms with Crippen molar-refractivity contribution in [2.45, 2.75) is 56.8 Å². The summed E-state index contributed by atoms with van der Waals surface area (Å²) in [5, 5.41) is 3.80. The fraction of sp³-hybridized carbons (Fsp3) is 0.333. The Morgan fingerprint density at radius 2 is 1.73 bits per heavy atom. The zero-order valence-electron chi connectivity index (χ0n) is 22.4. The third-order valence-electron chi connectivity index (χ3n) is 7.64. The van der Waals surface area contributed by atoms with Crippen LogP contribution >= 0.6 is 0 Å². The summed E-state index contributed by atoms with van der Waals surface area (Å²) in [6.07, 6.45) is 2.52. The van der Waals surface area contributed by atoms with E-state index in [1.54, 1.807) is 36.4 Å². The first kappa shape index (κ1) is 26.4. The predicted octanol–water partition coefficient (Wildman–Crippen LogP) is 6.46. The molecule has 1 aliphatic carbocycles. The van der Waals surface area contributed by atoms with E-state index in [1.807, 2.05) is 26.0 Å². The van der Waals surface area contributed by atoms with Crippen molar-refractivity contribution in [3.63, 3.8) is 0 Å². The van der Waals surface area contributed by atoms with Gasteiger partial charge in [0.25, 0.3) is 15.9 Å². The van der Waals surface area contributed by atoms with E-state index in [0.29, 0.717) is 24.2 Å². The Balaban J connectivity index is 1.39. The number of alkyl halides is 2. The number of sulfonamides is 1. The molecular formula is C30H29F2N3O4S. The van der Waals surface area contributed by atoms with Gasteiger partial charge in [-0.1, -0.05) is 49.3 Å². The highest BCUT2D eigenvalue weighted by atomic mass is 32.2. The molecule has 40 heavy (non-hydrogen) atoms. The van der Waals surface area contributed by atoms with Crippen LogP contribution in [-0.4, -0.2) is 25.1 Å². The van der Waals surface area contributed by atoms with E-state index >= 15 is 0 Å². The molecule has 0 amide bonds. The lowest BCUT2D eigenvalue weighted by Crippen LogP contribution is -2.44. The highest BCUT2D eigenvalue weighted by Crippen LogP contribution is 2.46. The van der Waals surface area contributed by atoms with Crippen LogP contribution in [0.4, 0.5) is 14.5 Å². The first-order valence-electron chi connectivity index (χ1n) is 13.2. The van der Waals surface area contributed by atoms with Gasteiger partial charge in [-0.05, 0) is 83.2 Å². The topological polar surface area (TPSA) is 96.3 Å². The Morgan fingerprint density at radius 3 is 2.35 bits per heavy atom. The summed E-state index contributed by atoms with van der Waals surface area (Å²) in [5.41, 5.74) is 4.18. The zero-order chi connectivity index (χ0) is 28.4. The Kier molecular flexibility index (Phi) is 6.03. The highest BCUT2D eigenvalue weighted by Gasteiger charge is 2.38. The number of aromatic amines is 1. The van der Waals surface area contributed by atoms with Crippen LogP contribution in [0.25, 0.3) is 22.5 Å². The van der Waals surface area contributed by atoms with Crippen molar-refractivity contribution in [3.05, 3.63) is 87.9 Å². The second-order valence-corrected chi connectivity index (χ2v) is 13.5. The maximum absolute atomic E-state index is 14.1. The molecule has 1 aromatic heterocycles. The summed E-state index contributed by atoms with van der Waals surface area (Å²) in [6, 6.07) is 16.7. The van der Waals surface area contributed by atoms with Gasteiger partial charge in [0.05, 0.1) is 10.6 Å². The van der Waals surface area contributed by atoms with Crippen molar-refractivity contribution < 1.29 is 21.7 Å². The highest BCUT2D eigenvalue weighted by molar-refractivity contribution is 7.92. The smallest absolute Gasteiger partial charge is 0.296 e. The second kappa shape index (κ2) is 9.12. The minimum atomic E-state index is -3.93. The summed E-state index contributed by atoms with van der Waals surface area (Å²) >= 11 is 0. The quantitative estimate of drug-likeness (QED) is 0.289. The molecule has 2 heterocycles. The van der Waals surface area contributed by atoms with Crippen LogP contribution < -0.4 is 10.1 Å². The molecule has 2 aliphatic rings. The van der Waals surface area contributed by atoms with Crippen LogP contribution in [0, 0.1) is 5.41 Å². The number of benzene rings is 3. The minimum Gasteiger partial charge on any atom is -0.296 e. The lowest BCUT2D eigenvalue weighted by molar-refractivity contribution is 0.0175. The first-order valence-corrected chi connectivity index (χ1v) is 14.6. The molecule has 4 aromatic rings. The summed E-state index contributed by atoms with van der Waals surface area (Å²) in [5.74, 6) is -3.11. The van der Waals surface area contributed by atoms with Crippen LogP contribution in [0.1, 0.15) is 56.2 Å². The molecule has 0 atom stereocenters. The van der Waals surface area contributed by atoms with E-state index in [4.69, 9.17) is 0 Å². The number of hydrogen-bond donors (Lipinski definition) is 1. The van der Waals surface area contributed by atoms with Crippen molar-refractivity contribution in [1.29, 1.82) is 0 Å². The van der Waals surface area contributed by atoms with Gasteiger partial charge in [-0.3, -0.25) is 13.8 Å². The number of nitrogens with one attached hydrogen (secondary N) is 1. The van der Waals surface area contributed by atoms with E-state index < -0.39 is 21.7 Å². The van der Waals surface area contributed by atoms with Gasteiger partial charge in [-0.15, -0.1) is 0 Å². The maximum Gasteiger partial charge on any atom is 0.439 e. The SMILES string of the molecule is CC1(C)Cc2cc(-c3ccc(C(C)(F)F)cc3)ccc2N(S(=O)(=O)c2ccc(-c3noc(=O)[nH]3)c(C3CC3)c2)C1. The van der Waals surface area contributed by atoms with Gasteiger partial charge < -0.3 is 0 Å². The van der Waals surface area contributed by atoms with Crippen molar-refractivity contribution in [1.82, 2.24) is 10.1 Å². The van der Waals surface area contributed by atoms with Crippen LogP contribution in [-0.2, 0) is 22.4 Å². The van der Waals surface area contributed by atoms with Crippen molar-refractivity contribution in [3.8, 4) is 22.5 Å². The lowest BCUT2D eigenvalue weighted by Gasteiger charge is -2.40. The van der Waals surface area contributed by atoms with Crippen LogP contribution in [0.2, 0.25) is 0 Å². The van der Waals surface area contributed by atoms with Crippen LogP contribution in [0.3, 0.4) is 0 Å². The molecule has 1 saturated carbocycles. The third-order valence-corrected chi connectivity index (χ3v) is 9.39. The summed E-state index contributed by atoms with van der Waals surface area (Å²) in [7, 11) is -3.93. The molecule has 0 radical (unpaired) electrons. The van der Waals surface area contributed by atoms with E-state index in [9.17, 15) is 22.0 Å². The second-order valence-electron chi connectivity index (χ2n) is 11.6. The maximum atomic E-state index is 14.1. The minimum absolute atomic E-state index is 0.0564. The number of halogens is 2. The average molecular weight is 566 g/mol. The molecule has 0 unspecified atom stereocenters. The largest absolute Gasteiger partial charge is 0.439 e. The molecule has 1 aliphatic heterocycles. The van der Waals surface area contributed by atoms with Gasteiger partial charge in [0.2, 0.25) is 0 Å². The van der Waals surface area contributed by atoms with Crippen LogP contribution in [0.15, 0.2) is 74.9 Å². The number of rotatable bonds is 6.